The van der Waals surface area contributed by atoms with Crippen molar-refractivity contribution in [3.8, 4) is 11.8 Å². The molecule has 22 heavy (non-hydrogen) atoms. The highest BCUT2D eigenvalue weighted by Crippen LogP contribution is 2.27. The minimum Gasteiger partial charge on any atom is -0.367 e. The smallest absolute Gasteiger partial charge is 0.242 e. The first-order valence-electron chi connectivity index (χ1n) is 7.63. The van der Waals surface area contributed by atoms with E-state index in [1.165, 1.54) is 0 Å². The minimum absolute atomic E-state index is 0.0318. The first-order chi connectivity index (χ1) is 10.7. The Morgan fingerprint density at radius 2 is 1.91 bits per heavy atom. The summed E-state index contributed by atoms with van der Waals surface area (Å²) in [7, 11) is 0. The Bertz CT molecular complexity index is 524. The van der Waals surface area contributed by atoms with Crippen LogP contribution in [0.3, 0.4) is 0 Å². The molecule has 120 valence electrons. The van der Waals surface area contributed by atoms with E-state index in [2.05, 4.69) is 37.8 Å². The fourth-order valence-corrected chi connectivity index (χ4v) is 2.49. The molecule has 0 atom stereocenters. The lowest BCUT2D eigenvalue weighted by molar-refractivity contribution is -0.116. The molecular weight excluding hydrogens is 298 g/mol. The van der Waals surface area contributed by atoms with Gasteiger partial charge in [-0.25, -0.2) is 0 Å². The first-order valence-corrected chi connectivity index (χ1v) is 8.17. The van der Waals surface area contributed by atoms with Crippen LogP contribution in [0, 0.1) is 11.8 Å². The number of hydrogen-bond donors (Lipinski definition) is 0. The highest BCUT2D eigenvalue weighted by molar-refractivity contribution is 6.29. The Hall–Kier alpha value is -1.50. The van der Waals surface area contributed by atoms with E-state index < -0.39 is 0 Å². The van der Waals surface area contributed by atoms with Crippen LogP contribution in [0.4, 0.5) is 5.69 Å². The summed E-state index contributed by atoms with van der Waals surface area (Å²) in [6.07, 6.45) is 1.74. The van der Waals surface area contributed by atoms with Gasteiger partial charge in [0.1, 0.15) is 12.5 Å². The monoisotopic (exact) mass is 321 g/mol. The normalized spacial score (nSPS) is 10.0. The van der Waals surface area contributed by atoms with Gasteiger partial charge >= 0.3 is 0 Å². The van der Waals surface area contributed by atoms with E-state index in [-0.39, 0.29) is 11.8 Å². The summed E-state index contributed by atoms with van der Waals surface area (Å²) in [5.41, 5.74) is 3.31. The van der Waals surface area contributed by atoms with E-state index in [1.807, 2.05) is 6.07 Å². The van der Waals surface area contributed by atoms with Gasteiger partial charge in [-0.3, -0.25) is 4.79 Å². The average Bonchev–Trinajstić information content (AvgIpc) is 2.57. The van der Waals surface area contributed by atoms with Crippen LogP contribution in [-0.2, 0) is 22.4 Å². The van der Waals surface area contributed by atoms with Crippen molar-refractivity contribution in [3.05, 3.63) is 29.3 Å². The molecule has 1 rings (SSSR count). The lowest BCUT2D eigenvalue weighted by Gasteiger charge is -2.27. The lowest BCUT2D eigenvalue weighted by atomic mass is 10.0. The molecule has 0 N–H and O–H groups in total. The number of amides is 1. The molecule has 0 heterocycles. The van der Waals surface area contributed by atoms with Crippen LogP contribution in [0.25, 0.3) is 0 Å². The number of ether oxygens (including phenoxy) is 1. The maximum atomic E-state index is 12.3. The topological polar surface area (TPSA) is 29.5 Å². The van der Waals surface area contributed by atoms with Crippen molar-refractivity contribution in [2.24, 2.45) is 0 Å². The van der Waals surface area contributed by atoms with Gasteiger partial charge < -0.3 is 9.64 Å². The van der Waals surface area contributed by atoms with Gasteiger partial charge in [0.05, 0.1) is 12.3 Å². The Kier molecular flexibility index (Phi) is 8.65. The molecule has 0 radical (unpaired) electrons. The van der Waals surface area contributed by atoms with Crippen LogP contribution in [0.2, 0.25) is 0 Å². The number of benzene rings is 1. The first kappa shape index (κ1) is 18.5. The maximum Gasteiger partial charge on any atom is 0.242 e. The SMILES string of the molecule is CC#CCOCCN(C(=O)CCl)c1c(CC)cccc1CC. The lowest BCUT2D eigenvalue weighted by Crippen LogP contribution is -2.36. The Morgan fingerprint density at radius 3 is 2.41 bits per heavy atom. The zero-order valence-electron chi connectivity index (χ0n) is 13.6. The Morgan fingerprint density at radius 1 is 1.27 bits per heavy atom. The van der Waals surface area contributed by atoms with Crippen molar-refractivity contribution >= 4 is 23.2 Å². The molecule has 1 aromatic rings. The van der Waals surface area contributed by atoms with Crippen molar-refractivity contribution in [3.63, 3.8) is 0 Å². The van der Waals surface area contributed by atoms with Crippen LogP contribution in [0.15, 0.2) is 18.2 Å². The molecular formula is C18H24ClNO2. The number of hydrogen-bond acceptors (Lipinski definition) is 2. The molecule has 1 aromatic carbocycles. The predicted molar refractivity (Wildman–Crippen MR) is 92.5 cm³/mol. The number of anilines is 1. The largest absolute Gasteiger partial charge is 0.367 e. The van der Waals surface area contributed by atoms with Gasteiger partial charge in [0.25, 0.3) is 0 Å². The minimum atomic E-state index is -0.0950. The van der Waals surface area contributed by atoms with Crippen molar-refractivity contribution in [1.29, 1.82) is 0 Å². The van der Waals surface area contributed by atoms with Gasteiger partial charge in [-0.1, -0.05) is 38.0 Å². The second-order valence-electron chi connectivity index (χ2n) is 4.79. The van der Waals surface area contributed by atoms with Crippen LogP contribution in [0.1, 0.15) is 31.9 Å². The molecule has 0 saturated carbocycles. The van der Waals surface area contributed by atoms with Crippen molar-refractivity contribution in [2.75, 3.05) is 30.5 Å². The summed E-state index contributed by atoms with van der Waals surface area (Å²) in [6.45, 7) is 7.27. The highest BCUT2D eigenvalue weighted by Gasteiger charge is 2.19. The van der Waals surface area contributed by atoms with Gasteiger partial charge in [-0.05, 0) is 30.9 Å². The van der Waals surface area contributed by atoms with Crippen LogP contribution in [0.5, 0.6) is 0 Å². The molecule has 0 spiro atoms. The van der Waals surface area contributed by atoms with Gasteiger partial charge in [0.15, 0.2) is 0 Å². The number of para-hydroxylation sites is 1. The number of alkyl halides is 1. The molecule has 0 aliphatic rings. The molecule has 3 nitrogen and oxygen atoms in total. The van der Waals surface area contributed by atoms with E-state index in [4.69, 9.17) is 16.3 Å². The van der Waals surface area contributed by atoms with E-state index in [0.717, 1.165) is 29.7 Å². The molecule has 4 heteroatoms. The third-order valence-corrected chi connectivity index (χ3v) is 3.69. The number of halogens is 1. The van der Waals surface area contributed by atoms with E-state index >= 15 is 0 Å². The standard InChI is InChI=1S/C18H24ClNO2/c1-4-7-12-22-13-11-20(17(21)14-19)18-15(5-2)9-8-10-16(18)6-3/h8-10H,5-6,11-14H2,1-3H3. The summed E-state index contributed by atoms with van der Waals surface area (Å²) in [4.78, 5) is 14.0. The number of carbonyl (C=O) groups excluding carboxylic acids is 1. The summed E-state index contributed by atoms with van der Waals surface area (Å²) in [5.74, 6) is 5.50. The van der Waals surface area contributed by atoms with Crippen LogP contribution < -0.4 is 4.90 Å². The molecule has 1 amide bonds. The number of rotatable bonds is 8. The predicted octanol–water partition coefficient (Wildman–Crippen LogP) is 3.42. The molecule has 0 aliphatic heterocycles. The molecule has 0 saturated heterocycles. The zero-order valence-corrected chi connectivity index (χ0v) is 14.4. The molecule has 0 bridgehead atoms. The second kappa shape index (κ2) is 10.3. The average molecular weight is 322 g/mol. The molecule has 0 unspecified atom stereocenters. The fraction of sp³-hybridized carbons (Fsp3) is 0.500. The van der Waals surface area contributed by atoms with Crippen molar-refractivity contribution < 1.29 is 9.53 Å². The maximum absolute atomic E-state index is 12.3. The van der Waals surface area contributed by atoms with Gasteiger partial charge in [0.2, 0.25) is 5.91 Å². The zero-order chi connectivity index (χ0) is 16.4. The summed E-state index contributed by atoms with van der Waals surface area (Å²) >= 11 is 5.80. The fourth-order valence-electron chi connectivity index (χ4n) is 2.35. The van der Waals surface area contributed by atoms with E-state index in [9.17, 15) is 4.79 Å². The second-order valence-corrected chi connectivity index (χ2v) is 5.06. The van der Waals surface area contributed by atoms with Crippen molar-refractivity contribution in [1.82, 2.24) is 0 Å². The van der Waals surface area contributed by atoms with Gasteiger partial charge in [-0.2, -0.15) is 0 Å². The molecule has 0 aliphatic carbocycles. The van der Waals surface area contributed by atoms with Gasteiger partial charge in [0, 0.05) is 6.54 Å². The number of aryl methyl sites for hydroxylation is 2. The number of nitrogens with zero attached hydrogens (tertiary/aromatic N) is 1. The van der Waals surface area contributed by atoms with Crippen molar-refractivity contribution in [2.45, 2.75) is 33.6 Å². The summed E-state index contributed by atoms with van der Waals surface area (Å²) in [6, 6.07) is 6.16. The quantitative estimate of drug-likeness (QED) is 0.417. The molecule has 0 fully saturated rings. The van der Waals surface area contributed by atoms with Crippen LogP contribution in [-0.4, -0.2) is 31.5 Å². The molecule has 0 aromatic heterocycles. The highest BCUT2D eigenvalue weighted by atomic mass is 35.5. The number of carbonyl (C=O) groups is 1. The third kappa shape index (κ3) is 5.05. The van der Waals surface area contributed by atoms with E-state index in [0.29, 0.717) is 19.8 Å². The Balaban J connectivity index is 3.00. The summed E-state index contributed by atoms with van der Waals surface area (Å²) < 4.78 is 5.46. The summed E-state index contributed by atoms with van der Waals surface area (Å²) in [5, 5.41) is 0. The van der Waals surface area contributed by atoms with E-state index in [1.54, 1.807) is 11.8 Å². The van der Waals surface area contributed by atoms with Crippen LogP contribution >= 0.6 is 11.6 Å². The third-order valence-electron chi connectivity index (χ3n) is 3.46. The Labute approximate surface area is 138 Å². The van der Waals surface area contributed by atoms with Gasteiger partial charge in [-0.15, -0.1) is 17.5 Å².